The van der Waals surface area contributed by atoms with Crippen molar-refractivity contribution >= 4 is 31.2 Å². The zero-order valence-corrected chi connectivity index (χ0v) is 19.7. The smallest absolute Gasteiger partial charge is 0.276 e. The van der Waals surface area contributed by atoms with E-state index in [1.54, 1.807) is 11.2 Å². The van der Waals surface area contributed by atoms with Gasteiger partial charge in [-0.15, -0.1) is 0 Å². The number of rotatable bonds is 10. The zero-order valence-electron chi connectivity index (χ0n) is 18.8. The van der Waals surface area contributed by atoms with Crippen molar-refractivity contribution < 1.29 is 13.8 Å². The fourth-order valence-corrected chi connectivity index (χ4v) is 4.61. The van der Waals surface area contributed by atoms with Crippen LogP contribution in [0.5, 0.6) is 0 Å². The molecule has 10 heteroatoms. The van der Waals surface area contributed by atoms with Crippen molar-refractivity contribution in [2.75, 3.05) is 30.1 Å². The molecule has 3 N–H and O–H groups in total. The van der Waals surface area contributed by atoms with Gasteiger partial charge in [0.1, 0.15) is 5.69 Å². The van der Waals surface area contributed by atoms with Crippen molar-refractivity contribution in [1.29, 1.82) is 0 Å². The van der Waals surface area contributed by atoms with Gasteiger partial charge in [-0.2, -0.15) is 0 Å². The van der Waals surface area contributed by atoms with Crippen LogP contribution in [0.1, 0.15) is 39.2 Å². The average molecular weight is 459 g/mol. The van der Waals surface area contributed by atoms with Crippen molar-refractivity contribution in [1.82, 2.24) is 15.4 Å². The summed E-state index contributed by atoms with van der Waals surface area (Å²) in [5, 5.41) is 5.31. The first-order valence-corrected chi connectivity index (χ1v) is 11.9. The first-order chi connectivity index (χ1) is 15.4. The molecule has 172 valence electrons. The van der Waals surface area contributed by atoms with E-state index < -0.39 is 19.9 Å². The largest absolute Gasteiger partial charge is 0.331 e. The molecule has 1 aliphatic heterocycles. The summed E-state index contributed by atoms with van der Waals surface area (Å²) in [6, 6.07) is 7.72. The molecule has 0 saturated heterocycles. The Morgan fingerprint density at radius 3 is 2.44 bits per heavy atom. The number of carbonyl (C=O) groups is 1. The number of benzene rings is 1. The second-order valence-electron chi connectivity index (χ2n) is 7.46. The monoisotopic (exact) mass is 459 g/mol. The van der Waals surface area contributed by atoms with Crippen molar-refractivity contribution in [3.05, 3.63) is 58.7 Å². The predicted molar refractivity (Wildman–Crippen MR) is 127 cm³/mol. The van der Waals surface area contributed by atoms with Crippen molar-refractivity contribution in [3.63, 3.8) is 0 Å². The number of nitrogens with one attached hydrogen (secondary N) is 3. The molecule has 3 rings (SSSR count). The molecule has 0 bridgehead atoms. The summed E-state index contributed by atoms with van der Waals surface area (Å²) < 4.78 is 11.4. The Labute approximate surface area is 189 Å². The number of carbonyl (C=O) groups excluding carboxylic acids is 1. The third-order valence-electron chi connectivity index (χ3n) is 4.81. The van der Waals surface area contributed by atoms with Gasteiger partial charge in [-0.1, -0.05) is 32.1 Å². The minimum absolute atomic E-state index is 0.0198. The topological polar surface area (TPSA) is 109 Å². The summed E-state index contributed by atoms with van der Waals surface area (Å²) in [6.07, 6.45) is 5.05. The van der Waals surface area contributed by atoms with Crippen LogP contribution in [-0.4, -0.2) is 35.6 Å². The molecule has 0 fully saturated rings. The lowest BCUT2D eigenvalue weighted by Gasteiger charge is -2.22. The fraction of sp³-hybridized carbons (Fsp3) is 0.409. The highest BCUT2D eigenvalue weighted by molar-refractivity contribution is 7.56. The lowest BCUT2D eigenvalue weighted by Crippen LogP contribution is -2.33. The van der Waals surface area contributed by atoms with Gasteiger partial charge in [-0.3, -0.25) is 19.6 Å². The van der Waals surface area contributed by atoms with Crippen LogP contribution in [0.3, 0.4) is 0 Å². The Kier molecular flexibility index (Phi) is 8.53. The predicted octanol–water partition coefficient (Wildman–Crippen LogP) is 3.00. The molecule has 0 saturated carbocycles. The quantitative estimate of drug-likeness (QED) is 0.469. The minimum atomic E-state index is -1.14. The molecule has 32 heavy (non-hydrogen) atoms. The first kappa shape index (κ1) is 24.1. The SMILES string of the molecule is CCOP(OCC)c1ccc(C(C(=O)Nc2cnc(N3C=CCN3)[nH]c2=O)C(C)C)cc1. The molecule has 0 radical (unpaired) electrons. The standard InChI is InChI=1S/C22H30N5O4P/c1-5-30-32(31-6-2)17-10-8-16(9-11-17)19(15(3)4)21(29)25-18-14-23-22(26-20(18)28)27-13-7-12-24-27/h7-11,13-15,19,24H,5-6,12H2,1-4H3,(H,25,29)(H,23,26,28). The molecule has 9 nitrogen and oxygen atoms in total. The molecule has 2 aromatic rings. The van der Waals surface area contributed by atoms with Crippen LogP contribution in [0.25, 0.3) is 0 Å². The van der Waals surface area contributed by atoms with Gasteiger partial charge in [0, 0.05) is 18.0 Å². The number of hydrogen-bond donors (Lipinski definition) is 3. The lowest BCUT2D eigenvalue weighted by atomic mass is 9.87. The second kappa shape index (κ2) is 11.3. The van der Waals surface area contributed by atoms with E-state index in [0.29, 0.717) is 25.7 Å². The van der Waals surface area contributed by atoms with E-state index >= 15 is 0 Å². The molecule has 1 atom stereocenters. The molecule has 1 aromatic heterocycles. The highest BCUT2D eigenvalue weighted by Gasteiger charge is 2.26. The number of hydrogen-bond acceptors (Lipinski definition) is 7. The van der Waals surface area contributed by atoms with Crippen LogP contribution in [0.4, 0.5) is 11.6 Å². The maximum absolute atomic E-state index is 13.1. The molecule has 1 unspecified atom stereocenters. The zero-order chi connectivity index (χ0) is 23.1. The van der Waals surface area contributed by atoms with E-state index in [2.05, 4.69) is 20.7 Å². The molecule has 0 aliphatic carbocycles. The van der Waals surface area contributed by atoms with Gasteiger partial charge in [0.05, 0.1) is 25.3 Å². The summed E-state index contributed by atoms with van der Waals surface area (Å²) in [6.45, 7) is 9.61. The maximum Gasteiger partial charge on any atom is 0.276 e. The molecular weight excluding hydrogens is 429 g/mol. The molecule has 2 heterocycles. The highest BCUT2D eigenvalue weighted by Crippen LogP contribution is 2.37. The number of amides is 1. The Bertz CT molecular complexity index is 987. The summed E-state index contributed by atoms with van der Waals surface area (Å²) in [5.41, 5.74) is 3.58. The van der Waals surface area contributed by atoms with Gasteiger partial charge >= 0.3 is 0 Å². The van der Waals surface area contributed by atoms with Gasteiger partial charge in [-0.25, -0.2) is 10.4 Å². The second-order valence-corrected chi connectivity index (χ2v) is 9.01. The summed E-state index contributed by atoms with van der Waals surface area (Å²) in [7, 11) is -1.14. The summed E-state index contributed by atoms with van der Waals surface area (Å²) in [4.78, 5) is 32.5. The van der Waals surface area contributed by atoms with E-state index in [1.807, 2.05) is 58.0 Å². The number of H-pyrrole nitrogens is 1. The number of aromatic nitrogens is 2. The first-order valence-electron chi connectivity index (χ1n) is 10.7. The summed E-state index contributed by atoms with van der Waals surface area (Å²) in [5.74, 6) is -0.315. The molecule has 1 amide bonds. The Morgan fingerprint density at radius 1 is 1.22 bits per heavy atom. The Morgan fingerprint density at radius 2 is 1.91 bits per heavy atom. The van der Waals surface area contributed by atoms with Crippen LogP contribution < -0.4 is 26.6 Å². The Hall–Kier alpha value is -2.58. The van der Waals surface area contributed by atoms with Crippen LogP contribution in [0.15, 0.2) is 47.5 Å². The van der Waals surface area contributed by atoms with Crippen molar-refractivity contribution in [3.8, 4) is 0 Å². The highest BCUT2D eigenvalue weighted by atomic mass is 31.2. The van der Waals surface area contributed by atoms with E-state index in [9.17, 15) is 9.59 Å². The molecule has 1 aromatic carbocycles. The third kappa shape index (κ3) is 5.81. The van der Waals surface area contributed by atoms with E-state index in [0.717, 1.165) is 10.9 Å². The Balaban J connectivity index is 1.76. The van der Waals surface area contributed by atoms with Gasteiger partial charge in [0.15, 0.2) is 0 Å². The number of nitrogens with zero attached hydrogens (tertiary/aromatic N) is 2. The van der Waals surface area contributed by atoms with Crippen LogP contribution in [-0.2, 0) is 13.8 Å². The van der Waals surface area contributed by atoms with Crippen molar-refractivity contribution in [2.24, 2.45) is 5.92 Å². The van der Waals surface area contributed by atoms with E-state index in [4.69, 9.17) is 9.05 Å². The lowest BCUT2D eigenvalue weighted by molar-refractivity contribution is -0.118. The summed E-state index contributed by atoms with van der Waals surface area (Å²) >= 11 is 0. The van der Waals surface area contributed by atoms with Gasteiger partial charge < -0.3 is 14.4 Å². The van der Waals surface area contributed by atoms with Crippen LogP contribution in [0.2, 0.25) is 0 Å². The molecular formula is C22H30N5O4P. The van der Waals surface area contributed by atoms with E-state index in [-0.39, 0.29) is 17.5 Å². The van der Waals surface area contributed by atoms with Gasteiger partial charge in [0.2, 0.25) is 20.2 Å². The normalized spacial score (nSPS) is 14.4. The van der Waals surface area contributed by atoms with E-state index in [1.165, 1.54) is 6.20 Å². The van der Waals surface area contributed by atoms with Crippen LogP contribution in [0, 0.1) is 5.92 Å². The van der Waals surface area contributed by atoms with Crippen LogP contribution >= 0.6 is 8.38 Å². The number of hydrazine groups is 1. The minimum Gasteiger partial charge on any atom is -0.331 e. The molecule has 0 spiro atoms. The van der Waals surface area contributed by atoms with Crippen molar-refractivity contribution in [2.45, 2.75) is 33.6 Å². The number of anilines is 2. The van der Waals surface area contributed by atoms with Gasteiger partial charge in [0.25, 0.3) is 5.56 Å². The average Bonchev–Trinajstić information content (AvgIpc) is 3.30. The number of aromatic amines is 1. The third-order valence-corrected chi connectivity index (χ3v) is 6.52. The molecule has 1 aliphatic rings. The van der Waals surface area contributed by atoms with Gasteiger partial charge in [-0.05, 0) is 37.5 Å². The fourth-order valence-electron chi connectivity index (χ4n) is 3.38. The maximum atomic E-state index is 13.1.